The minimum Gasteiger partial charge on any atom is -0.493 e. The topological polar surface area (TPSA) is 29.5 Å². The van der Waals surface area contributed by atoms with Crippen LogP contribution in [0.2, 0.25) is 0 Å². The fourth-order valence-electron chi connectivity index (χ4n) is 3.26. The second kappa shape index (κ2) is 7.67. The Balaban J connectivity index is 1.78. The number of fused-ring (bicyclic) bond motifs is 1. The largest absolute Gasteiger partial charge is 0.493 e. The second-order valence-corrected chi connectivity index (χ2v) is 6.81. The van der Waals surface area contributed by atoms with E-state index in [9.17, 15) is 4.79 Å². The van der Waals surface area contributed by atoms with Crippen molar-refractivity contribution in [2.75, 3.05) is 13.2 Å². The minimum absolute atomic E-state index is 0.0741. The van der Waals surface area contributed by atoms with Crippen LogP contribution in [0.25, 0.3) is 6.08 Å². The number of hydrogen-bond donors (Lipinski definition) is 0. The number of benzene rings is 1. The van der Waals surface area contributed by atoms with Gasteiger partial charge in [-0.25, -0.2) is 0 Å². The van der Waals surface area contributed by atoms with E-state index in [0.717, 1.165) is 30.7 Å². The Morgan fingerprint density at radius 2 is 2.17 bits per heavy atom. The number of para-hydroxylation sites is 1. The number of thiophene rings is 1. The molecule has 24 heavy (non-hydrogen) atoms. The predicted molar refractivity (Wildman–Crippen MR) is 99.4 cm³/mol. The molecule has 2 heterocycles. The molecule has 1 aliphatic heterocycles. The Morgan fingerprint density at radius 3 is 2.96 bits per heavy atom. The quantitative estimate of drug-likeness (QED) is 0.738. The lowest BCUT2D eigenvalue weighted by Gasteiger charge is -2.34. The van der Waals surface area contributed by atoms with Gasteiger partial charge in [0.15, 0.2) is 0 Å². The zero-order valence-corrected chi connectivity index (χ0v) is 15.0. The highest BCUT2D eigenvalue weighted by Crippen LogP contribution is 2.35. The van der Waals surface area contributed by atoms with Gasteiger partial charge in [0.2, 0.25) is 5.91 Å². The third-order valence-corrected chi connectivity index (χ3v) is 5.39. The van der Waals surface area contributed by atoms with Gasteiger partial charge in [-0.15, -0.1) is 11.3 Å². The third kappa shape index (κ3) is 3.39. The molecule has 1 amide bonds. The zero-order valence-electron chi connectivity index (χ0n) is 14.2. The average molecular weight is 341 g/mol. The van der Waals surface area contributed by atoms with Crippen LogP contribution >= 0.6 is 11.3 Å². The van der Waals surface area contributed by atoms with Crippen LogP contribution in [-0.4, -0.2) is 24.0 Å². The Morgan fingerprint density at radius 1 is 1.33 bits per heavy atom. The molecule has 0 bridgehead atoms. The van der Waals surface area contributed by atoms with E-state index in [-0.39, 0.29) is 11.9 Å². The molecular weight excluding hydrogens is 318 g/mol. The van der Waals surface area contributed by atoms with Crippen molar-refractivity contribution < 1.29 is 9.53 Å². The maximum absolute atomic E-state index is 12.7. The first-order chi connectivity index (χ1) is 11.7. The number of ether oxygens (including phenoxy) is 1. The van der Waals surface area contributed by atoms with Crippen LogP contribution in [0, 0.1) is 0 Å². The number of rotatable bonds is 5. The number of nitrogens with zero attached hydrogens (tertiary/aromatic N) is 1. The molecule has 0 radical (unpaired) electrons. The Hall–Kier alpha value is -2.07. The van der Waals surface area contributed by atoms with E-state index < -0.39 is 0 Å². The maximum Gasteiger partial charge on any atom is 0.247 e. The van der Waals surface area contributed by atoms with Crippen LogP contribution in [0.15, 0.2) is 41.8 Å². The first-order valence-electron chi connectivity index (χ1n) is 8.51. The monoisotopic (exact) mass is 341 g/mol. The lowest BCUT2D eigenvalue weighted by atomic mass is 9.97. The summed E-state index contributed by atoms with van der Waals surface area (Å²) < 4.78 is 5.62. The SMILES string of the molecule is CCOc1ccccc1C=CC(=O)N1CCc2sccc2C1CC. The molecule has 4 heteroatoms. The molecule has 0 fully saturated rings. The summed E-state index contributed by atoms with van der Waals surface area (Å²) >= 11 is 1.80. The van der Waals surface area contributed by atoms with Crippen molar-refractivity contribution in [2.24, 2.45) is 0 Å². The molecule has 3 nitrogen and oxygen atoms in total. The van der Waals surface area contributed by atoms with Crippen LogP contribution in [0.4, 0.5) is 0 Å². The Labute approximate surface area is 147 Å². The zero-order chi connectivity index (χ0) is 16.9. The molecule has 0 spiro atoms. The van der Waals surface area contributed by atoms with Crippen LogP contribution in [0.3, 0.4) is 0 Å². The molecular formula is C20H23NO2S. The number of carbonyl (C=O) groups excluding carboxylic acids is 1. The van der Waals surface area contributed by atoms with Crippen LogP contribution in [0.1, 0.15) is 42.3 Å². The maximum atomic E-state index is 12.7. The van der Waals surface area contributed by atoms with Crippen molar-refractivity contribution in [1.82, 2.24) is 4.90 Å². The molecule has 0 N–H and O–H groups in total. The van der Waals surface area contributed by atoms with Gasteiger partial charge >= 0.3 is 0 Å². The van der Waals surface area contributed by atoms with E-state index in [4.69, 9.17) is 4.74 Å². The van der Waals surface area contributed by atoms with E-state index in [1.807, 2.05) is 42.2 Å². The Bertz CT molecular complexity index is 735. The summed E-state index contributed by atoms with van der Waals surface area (Å²) in [6, 6.07) is 10.2. The van der Waals surface area contributed by atoms with Gasteiger partial charge < -0.3 is 9.64 Å². The van der Waals surface area contributed by atoms with Gasteiger partial charge in [0.25, 0.3) is 0 Å². The average Bonchev–Trinajstić information content (AvgIpc) is 3.08. The van der Waals surface area contributed by atoms with Gasteiger partial charge in [0.1, 0.15) is 5.75 Å². The second-order valence-electron chi connectivity index (χ2n) is 5.81. The van der Waals surface area contributed by atoms with Crippen molar-refractivity contribution in [3.8, 4) is 5.75 Å². The fourth-order valence-corrected chi connectivity index (χ4v) is 4.19. The summed E-state index contributed by atoms with van der Waals surface area (Å²) in [5, 5.41) is 2.13. The molecule has 0 aliphatic carbocycles. The van der Waals surface area contributed by atoms with E-state index >= 15 is 0 Å². The molecule has 2 aromatic rings. The Kier molecular flexibility index (Phi) is 5.36. The summed E-state index contributed by atoms with van der Waals surface area (Å²) in [6.45, 7) is 5.52. The highest BCUT2D eigenvalue weighted by atomic mass is 32.1. The third-order valence-electron chi connectivity index (χ3n) is 4.39. The number of hydrogen-bond acceptors (Lipinski definition) is 3. The van der Waals surface area contributed by atoms with E-state index in [1.54, 1.807) is 17.4 Å². The molecule has 3 rings (SSSR count). The van der Waals surface area contributed by atoms with E-state index in [0.29, 0.717) is 6.61 Å². The standard InChI is InChI=1S/C20H23NO2S/c1-3-17-16-12-14-24-19(16)11-13-21(17)20(22)10-9-15-7-5-6-8-18(15)23-4-2/h5-10,12,14,17H,3-4,11,13H2,1-2H3. The lowest BCUT2D eigenvalue weighted by Crippen LogP contribution is -2.38. The first-order valence-corrected chi connectivity index (χ1v) is 9.39. The smallest absolute Gasteiger partial charge is 0.247 e. The van der Waals surface area contributed by atoms with Gasteiger partial charge in [-0.2, -0.15) is 0 Å². The highest BCUT2D eigenvalue weighted by molar-refractivity contribution is 7.10. The van der Waals surface area contributed by atoms with Gasteiger partial charge in [-0.3, -0.25) is 4.79 Å². The van der Waals surface area contributed by atoms with Crippen molar-refractivity contribution in [3.63, 3.8) is 0 Å². The van der Waals surface area contributed by atoms with Gasteiger partial charge in [0, 0.05) is 23.1 Å². The molecule has 1 aliphatic rings. The van der Waals surface area contributed by atoms with Crippen LogP contribution < -0.4 is 4.74 Å². The summed E-state index contributed by atoms with van der Waals surface area (Å²) in [5.41, 5.74) is 2.26. The van der Waals surface area contributed by atoms with Crippen LogP contribution in [-0.2, 0) is 11.2 Å². The van der Waals surface area contributed by atoms with E-state index in [2.05, 4.69) is 18.4 Å². The fraction of sp³-hybridized carbons (Fsp3) is 0.350. The number of amides is 1. The number of carbonyl (C=O) groups is 1. The van der Waals surface area contributed by atoms with Crippen molar-refractivity contribution >= 4 is 23.3 Å². The molecule has 1 unspecified atom stereocenters. The van der Waals surface area contributed by atoms with Crippen molar-refractivity contribution in [1.29, 1.82) is 0 Å². The summed E-state index contributed by atoms with van der Waals surface area (Å²) in [7, 11) is 0. The van der Waals surface area contributed by atoms with E-state index in [1.165, 1.54) is 10.4 Å². The lowest BCUT2D eigenvalue weighted by molar-refractivity contribution is -0.128. The molecule has 1 atom stereocenters. The normalized spacial score (nSPS) is 17.1. The summed E-state index contributed by atoms with van der Waals surface area (Å²) in [4.78, 5) is 16.2. The molecule has 0 saturated carbocycles. The molecule has 0 saturated heterocycles. The van der Waals surface area contributed by atoms with Crippen molar-refractivity contribution in [3.05, 3.63) is 57.8 Å². The van der Waals surface area contributed by atoms with Crippen molar-refractivity contribution in [2.45, 2.75) is 32.7 Å². The summed E-state index contributed by atoms with van der Waals surface area (Å²) in [5.74, 6) is 0.889. The first kappa shape index (κ1) is 16.8. The van der Waals surface area contributed by atoms with Gasteiger partial charge in [-0.05, 0) is 48.9 Å². The van der Waals surface area contributed by atoms with Gasteiger partial charge in [0.05, 0.1) is 12.6 Å². The summed E-state index contributed by atoms with van der Waals surface area (Å²) in [6.07, 6.45) is 5.44. The van der Waals surface area contributed by atoms with Crippen LogP contribution in [0.5, 0.6) is 5.75 Å². The molecule has 126 valence electrons. The minimum atomic E-state index is 0.0741. The highest BCUT2D eigenvalue weighted by Gasteiger charge is 2.29. The predicted octanol–water partition coefficient (Wildman–Crippen LogP) is 4.70. The molecule has 1 aromatic carbocycles. The molecule has 1 aromatic heterocycles. The van der Waals surface area contributed by atoms with Gasteiger partial charge in [-0.1, -0.05) is 25.1 Å².